The molecule has 84 valence electrons. The molecular weight excluding hydrogens is 200 g/mol. The molecule has 2 rings (SSSR count). The van der Waals surface area contributed by atoms with E-state index in [1.54, 1.807) is 4.68 Å². The summed E-state index contributed by atoms with van der Waals surface area (Å²) < 4.78 is 1.70. The minimum Gasteiger partial charge on any atom is -0.382 e. The molecule has 1 aromatic heterocycles. The summed E-state index contributed by atoms with van der Waals surface area (Å²) in [5.74, 6) is 0. The van der Waals surface area contributed by atoms with Crippen molar-refractivity contribution in [2.24, 2.45) is 7.05 Å². The molecule has 3 heteroatoms. The smallest absolute Gasteiger partial charge is 0.123 e. The van der Waals surface area contributed by atoms with Gasteiger partial charge in [-0.3, -0.25) is 4.68 Å². The van der Waals surface area contributed by atoms with E-state index in [-0.39, 0.29) is 0 Å². The maximum Gasteiger partial charge on any atom is 0.123 e. The molecule has 1 N–H and O–H groups in total. The normalized spacial score (nSPS) is 12.8. The van der Waals surface area contributed by atoms with Crippen LogP contribution in [0.2, 0.25) is 0 Å². The van der Waals surface area contributed by atoms with Crippen LogP contribution in [0.3, 0.4) is 0 Å². The number of aliphatic hydroxyl groups is 1. The van der Waals surface area contributed by atoms with Crippen molar-refractivity contribution in [1.29, 1.82) is 0 Å². The number of aryl methyl sites for hydroxylation is 3. The first-order chi connectivity index (χ1) is 7.58. The lowest BCUT2D eigenvalue weighted by Crippen LogP contribution is -2.04. The third-order valence-electron chi connectivity index (χ3n) is 2.74. The molecule has 0 aliphatic rings. The largest absolute Gasteiger partial charge is 0.382 e. The summed E-state index contributed by atoms with van der Waals surface area (Å²) in [6, 6.07) is 7.92. The Balaban J connectivity index is 2.40. The molecule has 0 saturated heterocycles. The van der Waals surface area contributed by atoms with Crippen molar-refractivity contribution in [1.82, 2.24) is 9.78 Å². The number of aromatic nitrogens is 2. The first-order valence-electron chi connectivity index (χ1n) is 5.32. The molecule has 1 unspecified atom stereocenters. The predicted octanol–water partition coefficient (Wildman–Crippen LogP) is 2.12. The van der Waals surface area contributed by atoms with Gasteiger partial charge >= 0.3 is 0 Å². The number of hydrogen-bond acceptors (Lipinski definition) is 2. The van der Waals surface area contributed by atoms with Gasteiger partial charge in [-0.1, -0.05) is 23.8 Å². The Kier molecular flexibility index (Phi) is 2.79. The molecule has 0 amide bonds. The zero-order chi connectivity index (χ0) is 11.7. The summed E-state index contributed by atoms with van der Waals surface area (Å²) >= 11 is 0. The minimum atomic E-state index is -0.638. The lowest BCUT2D eigenvalue weighted by molar-refractivity contribution is 0.213. The topological polar surface area (TPSA) is 38.0 Å². The summed E-state index contributed by atoms with van der Waals surface area (Å²) in [6.07, 6.45) is 1.20. The third-order valence-corrected chi connectivity index (χ3v) is 2.74. The van der Waals surface area contributed by atoms with Crippen molar-refractivity contribution >= 4 is 0 Å². The van der Waals surface area contributed by atoms with Crippen LogP contribution in [0.4, 0.5) is 0 Å². The van der Waals surface area contributed by atoms with Crippen molar-refractivity contribution in [2.45, 2.75) is 20.0 Å². The Labute approximate surface area is 95.3 Å². The molecule has 0 aliphatic carbocycles. The highest BCUT2D eigenvalue weighted by Gasteiger charge is 2.15. The van der Waals surface area contributed by atoms with Crippen LogP contribution in [0.1, 0.15) is 28.5 Å². The zero-order valence-corrected chi connectivity index (χ0v) is 9.81. The van der Waals surface area contributed by atoms with Gasteiger partial charge in [0.1, 0.15) is 6.10 Å². The second-order valence-corrected chi connectivity index (χ2v) is 4.18. The van der Waals surface area contributed by atoms with Crippen molar-refractivity contribution < 1.29 is 5.11 Å². The van der Waals surface area contributed by atoms with Gasteiger partial charge in [0.05, 0.1) is 5.69 Å². The van der Waals surface area contributed by atoms with Crippen LogP contribution < -0.4 is 0 Å². The monoisotopic (exact) mass is 216 g/mol. The summed E-state index contributed by atoms with van der Waals surface area (Å²) in [6.45, 7) is 4.02. The van der Waals surface area contributed by atoms with Gasteiger partial charge in [-0.25, -0.2) is 0 Å². The molecule has 1 atom stereocenters. The van der Waals surface area contributed by atoms with Crippen molar-refractivity contribution in [3.63, 3.8) is 0 Å². The van der Waals surface area contributed by atoms with Crippen LogP contribution >= 0.6 is 0 Å². The minimum absolute atomic E-state index is 0.638. The molecule has 1 aromatic carbocycles. The molecule has 3 nitrogen and oxygen atoms in total. The second-order valence-electron chi connectivity index (χ2n) is 4.18. The van der Waals surface area contributed by atoms with Crippen LogP contribution in [0.5, 0.6) is 0 Å². The second kappa shape index (κ2) is 4.10. The summed E-state index contributed by atoms with van der Waals surface area (Å²) in [4.78, 5) is 0. The van der Waals surface area contributed by atoms with Crippen molar-refractivity contribution in [2.75, 3.05) is 0 Å². The number of aliphatic hydroxyl groups excluding tert-OH is 1. The first kappa shape index (κ1) is 10.9. The van der Waals surface area contributed by atoms with Crippen LogP contribution in [-0.4, -0.2) is 14.9 Å². The summed E-state index contributed by atoms with van der Waals surface area (Å²) in [5.41, 5.74) is 3.86. The van der Waals surface area contributed by atoms with Gasteiger partial charge in [-0.15, -0.1) is 0 Å². The van der Waals surface area contributed by atoms with Gasteiger partial charge in [-0.05, 0) is 31.0 Å². The maximum atomic E-state index is 10.2. The highest BCUT2D eigenvalue weighted by molar-refractivity contribution is 5.35. The molecule has 0 fully saturated rings. The van der Waals surface area contributed by atoms with Gasteiger partial charge in [0, 0.05) is 13.2 Å². The average molecular weight is 216 g/mol. The number of rotatable bonds is 2. The Bertz CT molecular complexity index is 502. The fourth-order valence-electron chi connectivity index (χ4n) is 1.79. The summed E-state index contributed by atoms with van der Waals surface area (Å²) in [5, 5.41) is 14.5. The molecule has 0 saturated carbocycles. The molecule has 0 aliphatic heterocycles. The number of benzene rings is 1. The van der Waals surface area contributed by atoms with Gasteiger partial charge < -0.3 is 5.11 Å². The Morgan fingerprint density at radius 3 is 2.62 bits per heavy atom. The average Bonchev–Trinajstić information content (AvgIpc) is 2.67. The molecule has 2 aromatic rings. The predicted molar refractivity (Wildman–Crippen MR) is 63.2 cm³/mol. The van der Waals surface area contributed by atoms with Crippen LogP contribution in [0, 0.1) is 13.8 Å². The zero-order valence-electron chi connectivity index (χ0n) is 9.81. The van der Waals surface area contributed by atoms with Crippen molar-refractivity contribution in [3.05, 3.63) is 52.8 Å². The van der Waals surface area contributed by atoms with E-state index in [9.17, 15) is 5.11 Å². The van der Waals surface area contributed by atoms with Crippen molar-refractivity contribution in [3.8, 4) is 0 Å². The van der Waals surface area contributed by atoms with E-state index < -0.39 is 6.10 Å². The van der Waals surface area contributed by atoms with Crippen LogP contribution in [0.15, 0.2) is 30.5 Å². The highest BCUT2D eigenvalue weighted by Crippen LogP contribution is 2.24. The lowest BCUT2D eigenvalue weighted by atomic mass is 9.99. The first-order valence-corrected chi connectivity index (χ1v) is 5.32. The molecule has 0 bridgehead atoms. The molecule has 0 spiro atoms. The Hall–Kier alpha value is -1.61. The fourth-order valence-corrected chi connectivity index (χ4v) is 1.79. The molecular formula is C13H16N2O. The van der Waals surface area contributed by atoms with E-state index in [1.165, 1.54) is 0 Å². The third kappa shape index (κ3) is 1.99. The standard InChI is InChI=1S/C13H16N2O/c1-9-4-5-10(2)11(8-9)13(16)12-6-7-15(3)14-12/h4-8,13,16H,1-3H3. The van der Waals surface area contributed by atoms with Gasteiger partial charge in [0.25, 0.3) is 0 Å². The highest BCUT2D eigenvalue weighted by atomic mass is 16.3. The van der Waals surface area contributed by atoms with E-state index in [0.29, 0.717) is 5.69 Å². The van der Waals surface area contributed by atoms with Crippen LogP contribution in [0.25, 0.3) is 0 Å². The summed E-state index contributed by atoms with van der Waals surface area (Å²) in [7, 11) is 1.85. The van der Waals surface area contributed by atoms with E-state index in [0.717, 1.165) is 16.7 Å². The SMILES string of the molecule is Cc1ccc(C)c(C(O)c2ccn(C)n2)c1. The van der Waals surface area contributed by atoms with Gasteiger partial charge in [-0.2, -0.15) is 5.10 Å². The molecule has 0 radical (unpaired) electrons. The van der Waals surface area contributed by atoms with E-state index in [1.807, 2.05) is 51.4 Å². The van der Waals surface area contributed by atoms with E-state index in [4.69, 9.17) is 0 Å². The fraction of sp³-hybridized carbons (Fsp3) is 0.308. The lowest BCUT2D eigenvalue weighted by Gasteiger charge is -2.12. The Morgan fingerprint density at radius 2 is 2.00 bits per heavy atom. The molecule has 16 heavy (non-hydrogen) atoms. The van der Waals surface area contributed by atoms with Gasteiger partial charge in [0.2, 0.25) is 0 Å². The van der Waals surface area contributed by atoms with Crippen LogP contribution in [-0.2, 0) is 7.05 Å². The number of hydrogen-bond donors (Lipinski definition) is 1. The van der Waals surface area contributed by atoms with Gasteiger partial charge in [0.15, 0.2) is 0 Å². The van der Waals surface area contributed by atoms with E-state index in [2.05, 4.69) is 5.10 Å². The number of nitrogens with zero attached hydrogens (tertiary/aromatic N) is 2. The quantitative estimate of drug-likeness (QED) is 0.835. The molecule has 1 heterocycles. The van der Waals surface area contributed by atoms with E-state index >= 15 is 0 Å². The Morgan fingerprint density at radius 1 is 1.25 bits per heavy atom. The maximum absolute atomic E-state index is 10.2.